The SMILES string of the molecule is O=C1c2ccccc2C(=O)N1CCSCC(Oc1ccc(C(F)(F)F)cc1)c1ccccc1. The third-order valence-electron chi connectivity index (χ3n) is 5.24. The van der Waals surface area contributed by atoms with Gasteiger partial charge < -0.3 is 4.74 Å². The van der Waals surface area contributed by atoms with Crippen LogP contribution in [0.15, 0.2) is 78.9 Å². The van der Waals surface area contributed by atoms with Gasteiger partial charge in [0.15, 0.2) is 0 Å². The Labute approximate surface area is 193 Å². The van der Waals surface area contributed by atoms with Gasteiger partial charge in [-0.1, -0.05) is 42.5 Å². The second-order valence-corrected chi connectivity index (χ2v) is 8.57. The lowest BCUT2D eigenvalue weighted by Gasteiger charge is -2.20. The van der Waals surface area contributed by atoms with Crippen LogP contribution in [0.1, 0.15) is 37.9 Å². The third kappa shape index (κ3) is 5.22. The van der Waals surface area contributed by atoms with E-state index < -0.39 is 17.8 Å². The first kappa shape index (κ1) is 22.9. The van der Waals surface area contributed by atoms with E-state index in [0.29, 0.717) is 28.4 Å². The Bertz CT molecular complexity index is 1100. The molecule has 170 valence electrons. The molecule has 33 heavy (non-hydrogen) atoms. The fourth-order valence-corrected chi connectivity index (χ4v) is 4.49. The normalized spacial score (nSPS) is 14.3. The Morgan fingerprint density at radius 3 is 1.97 bits per heavy atom. The van der Waals surface area contributed by atoms with Crippen molar-refractivity contribution in [1.82, 2.24) is 4.90 Å². The minimum atomic E-state index is -4.41. The Balaban J connectivity index is 1.38. The summed E-state index contributed by atoms with van der Waals surface area (Å²) < 4.78 is 44.5. The molecule has 3 aromatic carbocycles. The molecule has 2 amide bonds. The van der Waals surface area contributed by atoms with Crippen molar-refractivity contribution in [2.45, 2.75) is 12.3 Å². The van der Waals surface area contributed by atoms with Crippen LogP contribution in [0.25, 0.3) is 0 Å². The number of benzene rings is 3. The summed E-state index contributed by atoms with van der Waals surface area (Å²) in [6, 6.07) is 20.7. The van der Waals surface area contributed by atoms with Crippen LogP contribution in [0, 0.1) is 0 Å². The van der Waals surface area contributed by atoms with Gasteiger partial charge in [-0.2, -0.15) is 24.9 Å². The summed E-state index contributed by atoms with van der Waals surface area (Å²) in [5.41, 5.74) is 0.979. The van der Waals surface area contributed by atoms with E-state index in [0.717, 1.165) is 17.7 Å². The molecule has 1 atom stereocenters. The van der Waals surface area contributed by atoms with Gasteiger partial charge in [0, 0.05) is 18.1 Å². The first-order valence-electron chi connectivity index (χ1n) is 10.3. The summed E-state index contributed by atoms with van der Waals surface area (Å²) >= 11 is 1.50. The number of nitrogens with zero attached hydrogens (tertiary/aromatic N) is 1. The van der Waals surface area contributed by atoms with Gasteiger partial charge in [0.1, 0.15) is 11.9 Å². The smallest absolute Gasteiger partial charge is 0.416 e. The summed E-state index contributed by atoms with van der Waals surface area (Å²) in [5, 5.41) is 0. The number of hydrogen-bond donors (Lipinski definition) is 0. The van der Waals surface area contributed by atoms with Crippen molar-refractivity contribution in [3.8, 4) is 5.75 Å². The molecule has 0 bridgehead atoms. The number of amides is 2. The molecule has 0 saturated carbocycles. The molecule has 4 nitrogen and oxygen atoms in total. The fraction of sp³-hybridized carbons (Fsp3) is 0.200. The van der Waals surface area contributed by atoms with E-state index >= 15 is 0 Å². The van der Waals surface area contributed by atoms with Gasteiger partial charge >= 0.3 is 6.18 Å². The monoisotopic (exact) mass is 471 g/mol. The number of rotatable bonds is 8. The van der Waals surface area contributed by atoms with E-state index in [1.54, 1.807) is 24.3 Å². The van der Waals surface area contributed by atoms with E-state index in [2.05, 4.69) is 0 Å². The van der Waals surface area contributed by atoms with Gasteiger partial charge in [-0.25, -0.2) is 0 Å². The van der Waals surface area contributed by atoms with E-state index in [1.807, 2.05) is 30.3 Å². The van der Waals surface area contributed by atoms with E-state index in [4.69, 9.17) is 4.74 Å². The zero-order valence-electron chi connectivity index (χ0n) is 17.4. The lowest BCUT2D eigenvalue weighted by Crippen LogP contribution is -2.32. The van der Waals surface area contributed by atoms with Crippen molar-refractivity contribution in [2.24, 2.45) is 0 Å². The Morgan fingerprint density at radius 2 is 1.39 bits per heavy atom. The molecule has 0 radical (unpaired) electrons. The second kappa shape index (κ2) is 9.70. The van der Waals surface area contributed by atoms with Crippen molar-refractivity contribution in [2.75, 3.05) is 18.1 Å². The molecule has 3 aromatic rings. The van der Waals surface area contributed by atoms with Crippen molar-refractivity contribution in [3.63, 3.8) is 0 Å². The van der Waals surface area contributed by atoms with Crippen molar-refractivity contribution < 1.29 is 27.5 Å². The highest BCUT2D eigenvalue weighted by molar-refractivity contribution is 7.99. The van der Waals surface area contributed by atoms with Crippen LogP contribution in [-0.4, -0.2) is 34.8 Å². The first-order chi connectivity index (χ1) is 15.8. The molecule has 1 aliphatic heterocycles. The summed E-state index contributed by atoms with van der Waals surface area (Å²) in [6.45, 7) is 0.263. The predicted molar refractivity (Wildman–Crippen MR) is 120 cm³/mol. The number of imide groups is 1. The fourth-order valence-electron chi connectivity index (χ4n) is 3.54. The molecular weight excluding hydrogens is 451 g/mol. The van der Waals surface area contributed by atoms with Crippen molar-refractivity contribution in [3.05, 3.63) is 101 Å². The molecule has 1 heterocycles. The molecule has 1 aliphatic rings. The van der Waals surface area contributed by atoms with Gasteiger partial charge in [-0.3, -0.25) is 14.5 Å². The summed E-state index contributed by atoms with van der Waals surface area (Å²) in [4.78, 5) is 26.2. The number of carbonyl (C=O) groups excluding carboxylic acids is 2. The maximum Gasteiger partial charge on any atom is 0.416 e. The molecule has 0 saturated heterocycles. The highest BCUT2D eigenvalue weighted by Crippen LogP contribution is 2.32. The summed E-state index contributed by atoms with van der Waals surface area (Å²) in [6.07, 6.45) is -4.81. The Morgan fingerprint density at radius 1 is 0.818 bits per heavy atom. The first-order valence-corrected chi connectivity index (χ1v) is 11.4. The number of hydrogen-bond acceptors (Lipinski definition) is 4. The third-order valence-corrected chi connectivity index (χ3v) is 6.25. The van der Waals surface area contributed by atoms with Crippen molar-refractivity contribution in [1.29, 1.82) is 0 Å². The number of fused-ring (bicyclic) bond motifs is 1. The quantitative estimate of drug-likeness (QED) is 0.305. The average molecular weight is 472 g/mol. The van der Waals surface area contributed by atoms with Gasteiger partial charge in [0.2, 0.25) is 0 Å². The highest BCUT2D eigenvalue weighted by atomic mass is 32.2. The summed E-state index contributed by atoms with van der Waals surface area (Å²) in [5.74, 6) is 0.741. The molecule has 8 heteroatoms. The second-order valence-electron chi connectivity index (χ2n) is 7.42. The van der Waals surface area contributed by atoms with Gasteiger partial charge in [0.05, 0.1) is 16.7 Å². The minimum absolute atomic E-state index is 0.263. The van der Waals surface area contributed by atoms with Gasteiger partial charge in [-0.05, 0) is 42.0 Å². The number of alkyl halides is 3. The Kier molecular flexibility index (Phi) is 6.74. The van der Waals surface area contributed by atoms with E-state index in [-0.39, 0.29) is 18.4 Å². The molecule has 0 aliphatic carbocycles. The Hall–Kier alpha value is -3.26. The predicted octanol–water partition coefficient (Wildman–Crippen LogP) is 5.85. The lowest BCUT2D eigenvalue weighted by molar-refractivity contribution is -0.137. The van der Waals surface area contributed by atoms with Crippen molar-refractivity contribution >= 4 is 23.6 Å². The molecule has 0 spiro atoms. The summed E-state index contributed by atoms with van der Waals surface area (Å²) in [7, 11) is 0. The number of halogens is 3. The molecule has 0 N–H and O–H groups in total. The number of ether oxygens (including phenoxy) is 1. The van der Waals surface area contributed by atoms with Gasteiger partial charge in [0.25, 0.3) is 11.8 Å². The van der Waals surface area contributed by atoms with Crippen LogP contribution in [0.5, 0.6) is 5.75 Å². The highest BCUT2D eigenvalue weighted by Gasteiger charge is 2.34. The van der Waals surface area contributed by atoms with Crippen LogP contribution in [0.3, 0.4) is 0 Å². The molecule has 0 aromatic heterocycles. The molecular formula is C25H20F3NO3S. The standard InChI is InChI=1S/C25H20F3NO3S/c26-25(27,28)18-10-12-19(13-11-18)32-22(17-6-2-1-3-7-17)16-33-15-14-29-23(30)20-8-4-5-9-21(20)24(29)31/h1-13,22H,14-16H2. The average Bonchev–Trinajstić information content (AvgIpc) is 3.06. The van der Waals surface area contributed by atoms with Gasteiger partial charge in [-0.15, -0.1) is 0 Å². The number of thioether (sulfide) groups is 1. The molecule has 1 unspecified atom stereocenters. The molecule has 0 fully saturated rings. The van der Waals surface area contributed by atoms with Crippen LogP contribution in [0.4, 0.5) is 13.2 Å². The lowest BCUT2D eigenvalue weighted by atomic mass is 10.1. The van der Waals surface area contributed by atoms with Crippen LogP contribution in [0.2, 0.25) is 0 Å². The maximum atomic E-state index is 12.8. The van der Waals surface area contributed by atoms with E-state index in [9.17, 15) is 22.8 Å². The zero-order valence-corrected chi connectivity index (χ0v) is 18.2. The van der Waals surface area contributed by atoms with E-state index in [1.165, 1.54) is 28.8 Å². The van der Waals surface area contributed by atoms with Crippen LogP contribution >= 0.6 is 11.8 Å². The largest absolute Gasteiger partial charge is 0.485 e. The molecule has 4 rings (SSSR count). The van der Waals surface area contributed by atoms with Crippen LogP contribution < -0.4 is 4.74 Å². The topological polar surface area (TPSA) is 46.6 Å². The zero-order chi connectivity index (χ0) is 23.4. The minimum Gasteiger partial charge on any atom is -0.485 e. The van der Waals surface area contributed by atoms with Crippen LogP contribution in [-0.2, 0) is 6.18 Å². The maximum absolute atomic E-state index is 12.8. The number of carbonyl (C=O) groups is 2.